The van der Waals surface area contributed by atoms with Crippen molar-refractivity contribution in [3.63, 3.8) is 0 Å². The number of pyridine rings is 1. The summed E-state index contributed by atoms with van der Waals surface area (Å²) in [5, 5.41) is 3.14. The number of carbonyl (C=O) groups is 2. The minimum absolute atomic E-state index is 0.0939. The zero-order chi connectivity index (χ0) is 28.1. The molecule has 0 radical (unpaired) electrons. The van der Waals surface area contributed by atoms with Gasteiger partial charge in [0.25, 0.3) is 5.91 Å². The first kappa shape index (κ1) is 28.4. The van der Waals surface area contributed by atoms with E-state index < -0.39 is 17.7 Å². The van der Waals surface area contributed by atoms with Crippen LogP contribution in [-0.4, -0.2) is 91.0 Å². The molecule has 2 unspecified atom stereocenters. The van der Waals surface area contributed by atoms with Crippen molar-refractivity contribution in [2.24, 2.45) is 12.0 Å². The number of morpholine rings is 1. The van der Waals surface area contributed by atoms with Gasteiger partial charge in [0, 0.05) is 68.9 Å². The van der Waals surface area contributed by atoms with Crippen molar-refractivity contribution in [2.45, 2.75) is 25.4 Å². The Morgan fingerprint density at radius 2 is 1.82 bits per heavy atom. The number of hydrogen-bond donors (Lipinski definition) is 1. The number of aromatic nitrogens is 1. The number of ether oxygens (including phenoxy) is 1. The van der Waals surface area contributed by atoms with E-state index in [0.29, 0.717) is 74.2 Å². The summed E-state index contributed by atoms with van der Waals surface area (Å²) in [7, 11) is 5.81. The first-order chi connectivity index (χ1) is 18.7. The number of aryl methyl sites for hydroxylation is 1. The lowest BCUT2D eigenvalue weighted by atomic mass is 10.1. The van der Waals surface area contributed by atoms with Crippen molar-refractivity contribution in [1.29, 1.82) is 0 Å². The molecule has 4 rings (SSSR count). The van der Waals surface area contributed by atoms with Crippen molar-refractivity contribution >= 4 is 17.9 Å². The Bertz CT molecular complexity index is 1280. The number of nitrogens with one attached hydrogen (secondary N) is 1. The van der Waals surface area contributed by atoms with Gasteiger partial charge in [-0.05, 0) is 45.6 Å². The van der Waals surface area contributed by atoms with Gasteiger partial charge in [0.05, 0.1) is 24.8 Å². The standard InChI is InChI=1S/C28H36F2N6O3/c1-19(31-23-15-21(29)14-22(30)16-23)25-13-20(28(38)36-7-5-24(18-36)33(2)3)17-34(4)27(25)32-26(6-10-37)35-8-11-39-12-9-35/h6,10,13-17,19,24,31H,5,7-9,11-12,18H2,1-4H3/b26-6+,32-27-. The molecule has 1 aromatic heterocycles. The normalized spacial score (nSPS) is 19.5. The van der Waals surface area contributed by atoms with Crippen LogP contribution in [-0.2, 0) is 16.6 Å². The van der Waals surface area contributed by atoms with Gasteiger partial charge in [0.1, 0.15) is 29.2 Å². The Labute approximate surface area is 227 Å². The maximum atomic E-state index is 13.9. The van der Waals surface area contributed by atoms with Crippen molar-refractivity contribution < 1.29 is 23.1 Å². The summed E-state index contributed by atoms with van der Waals surface area (Å²) in [6, 6.07) is 4.81. The molecule has 210 valence electrons. The summed E-state index contributed by atoms with van der Waals surface area (Å²) in [4.78, 5) is 35.8. The number of halogens is 2. The lowest BCUT2D eigenvalue weighted by Gasteiger charge is -2.29. The highest BCUT2D eigenvalue weighted by Gasteiger charge is 2.29. The van der Waals surface area contributed by atoms with Gasteiger partial charge in [-0.3, -0.25) is 9.59 Å². The summed E-state index contributed by atoms with van der Waals surface area (Å²) in [5.41, 5.74) is 1.89. The van der Waals surface area contributed by atoms with Crippen molar-refractivity contribution in [3.8, 4) is 0 Å². The quantitative estimate of drug-likeness (QED) is 0.408. The van der Waals surface area contributed by atoms with Gasteiger partial charge < -0.3 is 29.3 Å². The lowest BCUT2D eigenvalue weighted by molar-refractivity contribution is -0.104. The number of carbonyl (C=O) groups excluding carboxylic acids is 2. The Balaban J connectivity index is 1.77. The highest BCUT2D eigenvalue weighted by atomic mass is 19.1. The third-order valence-electron chi connectivity index (χ3n) is 7.15. The van der Waals surface area contributed by atoms with Crippen LogP contribution in [0.4, 0.5) is 14.5 Å². The Morgan fingerprint density at radius 1 is 1.13 bits per heavy atom. The van der Waals surface area contributed by atoms with Crippen LogP contribution in [0.15, 0.2) is 47.4 Å². The van der Waals surface area contributed by atoms with E-state index in [1.54, 1.807) is 23.9 Å². The molecule has 2 aliphatic rings. The van der Waals surface area contributed by atoms with E-state index in [1.807, 2.05) is 30.8 Å². The van der Waals surface area contributed by atoms with E-state index in [2.05, 4.69) is 10.2 Å². The van der Waals surface area contributed by atoms with Crippen LogP contribution in [0.5, 0.6) is 0 Å². The highest BCUT2D eigenvalue weighted by molar-refractivity contribution is 5.94. The van der Waals surface area contributed by atoms with Gasteiger partial charge in [-0.1, -0.05) is 0 Å². The molecule has 2 saturated heterocycles. The lowest BCUT2D eigenvalue weighted by Crippen LogP contribution is -2.37. The number of anilines is 1. The molecule has 9 nitrogen and oxygen atoms in total. The summed E-state index contributed by atoms with van der Waals surface area (Å²) in [6.45, 7) is 5.33. The molecule has 1 amide bonds. The molecule has 1 N–H and O–H groups in total. The van der Waals surface area contributed by atoms with Crippen LogP contribution < -0.4 is 10.8 Å². The minimum atomic E-state index is -0.697. The number of amides is 1. The van der Waals surface area contributed by atoms with E-state index in [0.717, 1.165) is 12.5 Å². The fourth-order valence-corrected chi connectivity index (χ4v) is 4.99. The highest BCUT2D eigenvalue weighted by Crippen LogP contribution is 2.22. The molecule has 2 fully saturated rings. The van der Waals surface area contributed by atoms with Crippen LogP contribution in [0.25, 0.3) is 0 Å². The molecule has 1 aromatic carbocycles. The van der Waals surface area contributed by atoms with Crippen molar-refractivity contribution in [1.82, 2.24) is 19.3 Å². The van der Waals surface area contributed by atoms with E-state index in [-0.39, 0.29) is 11.6 Å². The van der Waals surface area contributed by atoms with Crippen LogP contribution >= 0.6 is 0 Å². The predicted molar refractivity (Wildman–Crippen MR) is 144 cm³/mol. The monoisotopic (exact) mass is 542 g/mol. The number of benzene rings is 1. The summed E-state index contributed by atoms with van der Waals surface area (Å²) in [6.07, 6.45) is 4.73. The van der Waals surface area contributed by atoms with E-state index in [4.69, 9.17) is 9.73 Å². The number of likely N-dealkylation sites (N-methyl/N-ethyl adjacent to an activating group) is 1. The summed E-state index contributed by atoms with van der Waals surface area (Å²) >= 11 is 0. The van der Waals surface area contributed by atoms with Crippen molar-refractivity contribution in [2.75, 3.05) is 58.8 Å². The molecule has 2 aliphatic heterocycles. The van der Waals surface area contributed by atoms with Crippen LogP contribution in [0.3, 0.4) is 0 Å². The molecule has 0 aliphatic carbocycles. The fraction of sp³-hybridized carbons (Fsp3) is 0.464. The Morgan fingerprint density at radius 3 is 2.44 bits per heavy atom. The smallest absolute Gasteiger partial charge is 0.255 e. The molecule has 2 aromatic rings. The van der Waals surface area contributed by atoms with Crippen LogP contribution in [0.1, 0.15) is 35.3 Å². The van der Waals surface area contributed by atoms with Crippen LogP contribution in [0, 0.1) is 11.6 Å². The van der Waals surface area contributed by atoms with Crippen molar-refractivity contribution in [3.05, 3.63) is 70.6 Å². The first-order valence-electron chi connectivity index (χ1n) is 13.1. The van der Waals surface area contributed by atoms with Gasteiger partial charge in [-0.25, -0.2) is 13.8 Å². The Hall–Kier alpha value is -3.57. The van der Waals surface area contributed by atoms with E-state index >= 15 is 0 Å². The molecule has 0 saturated carbocycles. The van der Waals surface area contributed by atoms with Gasteiger partial charge >= 0.3 is 0 Å². The molecular weight excluding hydrogens is 506 g/mol. The second kappa shape index (κ2) is 12.5. The van der Waals surface area contributed by atoms with Gasteiger partial charge in [0.2, 0.25) is 0 Å². The molecule has 0 spiro atoms. The van der Waals surface area contributed by atoms with E-state index in [9.17, 15) is 18.4 Å². The van der Waals surface area contributed by atoms with Gasteiger partial charge in [-0.15, -0.1) is 0 Å². The number of nitrogens with zero attached hydrogens (tertiary/aromatic N) is 5. The number of likely N-dealkylation sites (tertiary alicyclic amines) is 1. The molecule has 11 heteroatoms. The largest absolute Gasteiger partial charge is 0.378 e. The van der Waals surface area contributed by atoms with Crippen LogP contribution in [0.2, 0.25) is 0 Å². The maximum absolute atomic E-state index is 13.9. The third-order valence-corrected chi connectivity index (χ3v) is 7.15. The molecule has 39 heavy (non-hydrogen) atoms. The number of allylic oxidation sites excluding steroid dienone is 1. The predicted octanol–water partition coefficient (Wildman–Crippen LogP) is 2.53. The number of aldehydes is 1. The zero-order valence-corrected chi connectivity index (χ0v) is 22.9. The minimum Gasteiger partial charge on any atom is -0.378 e. The Kier molecular flexibility index (Phi) is 9.13. The molecular formula is C28H36F2N6O3. The third kappa shape index (κ3) is 6.90. The SMILES string of the molecule is CC(Nc1cc(F)cc(F)c1)c1cc(C(=O)N2CCC(N(C)C)C2)cn(C)/c1=N\C(=C/C=O)N1CCOCC1. The average molecular weight is 543 g/mol. The first-order valence-corrected chi connectivity index (χ1v) is 13.1. The van der Waals surface area contributed by atoms with E-state index in [1.165, 1.54) is 18.2 Å². The zero-order valence-electron chi connectivity index (χ0n) is 22.9. The summed E-state index contributed by atoms with van der Waals surface area (Å²) in [5.74, 6) is -1.01. The summed E-state index contributed by atoms with van der Waals surface area (Å²) < 4.78 is 35.0. The molecule has 2 atom stereocenters. The van der Waals surface area contributed by atoms with Gasteiger partial charge in [0.15, 0.2) is 0 Å². The second-order valence-electron chi connectivity index (χ2n) is 10.2. The van der Waals surface area contributed by atoms with Gasteiger partial charge in [-0.2, -0.15) is 0 Å². The fourth-order valence-electron chi connectivity index (χ4n) is 4.99. The average Bonchev–Trinajstić information content (AvgIpc) is 3.39. The topological polar surface area (TPSA) is 82.4 Å². The second-order valence-corrected chi connectivity index (χ2v) is 10.2. The number of rotatable bonds is 8. The maximum Gasteiger partial charge on any atom is 0.255 e. The number of hydrogen-bond acceptors (Lipinski definition) is 7. The molecule has 0 bridgehead atoms. The molecule has 3 heterocycles.